The molecule has 2 unspecified atom stereocenters. The summed E-state index contributed by atoms with van der Waals surface area (Å²) in [5.41, 5.74) is 1.60. The standard InChI is InChI=1S/C21H20N4O4S/c1-10-3-5-13-17(7-10)30-20-18(13)21(28)25(24-23-20)9-15(26)12-4-6-16-14(8-12)22-19(27)11(2)29-16/h4,6,8,10-11H,3,5,7,9H2,1-2H3,(H,22,27). The van der Waals surface area contributed by atoms with Gasteiger partial charge in [0, 0.05) is 10.4 Å². The zero-order valence-electron chi connectivity index (χ0n) is 16.6. The van der Waals surface area contributed by atoms with Crippen LogP contribution >= 0.6 is 11.3 Å². The molecule has 1 aliphatic carbocycles. The number of benzene rings is 1. The molecule has 3 aromatic rings. The SMILES string of the molecule is CC1CCc2c(sc3nnn(CC(=O)c4ccc5c(c4)NC(=O)C(C)O5)c(=O)c23)C1. The predicted molar refractivity (Wildman–Crippen MR) is 112 cm³/mol. The van der Waals surface area contributed by atoms with E-state index in [1.807, 2.05) is 0 Å². The molecular formula is C21H20N4O4S. The van der Waals surface area contributed by atoms with Gasteiger partial charge in [-0.15, -0.1) is 16.4 Å². The van der Waals surface area contributed by atoms with Crippen molar-refractivity contribution in [2.24, 2.45) is 5.92 Å². The van der Waals surface area contributed by atoms with E-state index in [1.54, 1.807) is 25.1 Å². The number of nitrogens with one attached hydrogen (secondary N) is 1. The Labute approximate surface area is 175 Å². The molecule has 8 nitrogen and oxygen atoms in total. The molecule has 1 amide bonds. The number of aryl methyl sites for hydroxylation is 1. The maximum Gasteiger partial charge on any atom is 0.279 e. The molecule has 2 aromatic heterocycles. The fourth-order valence-electron chi connectivity index (χ4n) is 4.00. The number of carbonyl (C=O) groups excluding carboxylic acids is 2. The van der Waals surface area contributed by atoms with Crippen molar-refractivity contribution in [3.63, 3.8) is 0 Å². The molecular weight excluding hydrogens is 404 g/mol. The molecule has 1 aromatic carbocycles. The lowest BCUT2D eigenvalue weighted by atomic mass is 9.89. The van der Waals surface area contributed by atoms with Crippen molar-refractivity contribution in [2.45, 2.75) is 45.8 Å². The second-order valence-corrected chi connectivity index (χ2v) is 9.05. The number of fused-ring (bicyclic) bond motifs is 4. The van der Waals surface area contributed by atoms with Crippen LogP contribution in [0.2, 0.25) is 0 Å². The van der Waals surface area contributed by atoms with Crippen molar-refractivity contribution in [3.8, 4) is 5.75 Å². The lowest BCUT2D eigenvalue weighted by molar-refractivity contribution is -0.122. The zero-order chi connectivity index (χ0) is 21.0. The maximum atomic E-state index is 13.1. The Kier molecular flexibility index (Phi) is 4.43. The van der Waals surface area contributed by atoms with E-state index in [-0.39, 0.29) is 23.8 Å². The van der Waals surface area contributed by atoms with Crippen molar-refractivity contribution in [1.82, 2.24) is 15.0 Å². The Morgan fingerprint density at radius 2 is 2.17 bits per heavy atom. The summed E-state index contributed by atoms with van der Waals surface area (Å²) in [6.45, 7) is 3.65. The Bertz CT molecular complexity index is 1260. The molecule has 30 heavy (non-hydrogen) atoms. The number of aromatic nitrogens is 3. The van der Waals surface area contributed by atoms with Gasteiger partial charge in [0.15, 0.2) is 16.7 Å². The van der Waals surface area contributed by atoms with Crippen molar-refractivity contribution >= 4 is 38.9 Å². The molecule has 0 spiro atoms. The van der Waals surface area contributed by atoms with Crippen LogP contribution in [0.25, 0.3) is 10.2 Å². The Morgan fingerprint density at radius 1 is 1.33 bits per heavy atom. The van der Waals surface area contributed by atoms with Crippen LogP contribution in [0, 0.1) is 5.92 Å². The predicted octanol–water partition coefficient (Wildman–Crippen LogP) is 2.58. The zero-order valence-corrected chi connectivity index (χ0v) is 17.4. The molecule has 3 heterocycles. The van der Waals surface area contributed by atoms with Gasteiger partial charge in [0.25, 0.3) is 11.5 Å². The fraction of sp³-hybridized carbons (Fsp3) is 0.381. The summed E-state index contributed by atoms with van der Waals surface area (Å²) in [5, 5.41) is 11.5. The molecule has 154 valence electrons. The van der Waals surface area contributed by atoms with Gasteiger partial charge in [-0.05, 0) is 55.9 Å². The van der Waals surface area contributed by atoms with E-state index in [0.29, 0.717) is 33.1 Å². The van der Waals surface area contributed by atoms with Gasteiger partial charge in [-0.25, -0.2) is 4.68 Å². The van der Waals surface area contributed by atoms with E-state index in [9.17, 15) is 14.4 Å². The third-order valence-electron chi connectivity index (χ3n) is 5.71. The van der Waals surface area contributed by atoms with Gasteiger partial charge in [-0.2, -0.15) is 0 Å². The smallest absolute Gasteiger partial charge is 0.279 e. The number of thiophene rings is 1. The molecule has 1 N–H and O–H groups in total. The van der Waals surface area contributed by atoms with E-state index in [4.69, 9.17) is 4.74 Å². The molecule has 5 rings (SSSR count). The second kappa shape index (κ2) is 7.02. The summed E-state index contributed by atoms with van der Waals surface area (Å²) < 4.78 is 6.65. The maximum absolute atomic E-state index is 13.1. The summed E-state index contributed by atoms with van der Waals surface area (Å²) in [6.07, 6.45) is 2.27. The Morgan fingerprint density at radius 3 is 3.00 bits per heavy atom. The highest BCUT2D eigenvalue weighted by Gasteiger charge is 2.26. The number of amides is 1. The van der Waals surface area contributed by atoms with Crippen molar-refractivity contribution in [1.29, 1.82) is 0 Å². The number of rotatable bonds is 3. The molecule has 0 saturated heterocycles. The summed E-state index contributed by atoms with van der Waals surface area (Å²) in [4.78, 5) is 39.6. The monoisotopic (exact) mass is 424 g/mol. The first-order chi connectivity index (χ1) is 14.4. The van der Waals surface area contributed by atoms with Gasteiger partial charge >= 0.3 is 0 Å². The number of nitrogens with zero attached hydrogens (tertiary/aromatic N) is 3. The number of ether oxygens (including phenoxy) is 1. The topological polar surface area (TPSA) is 103 Å². The largest absolute Gasteiger partial charge is 0.479 e. The normalized spacial score (nSPS) is 20.3. The van der Waals surface area contributed by atoms with Crippen LogP contribution in [-0.4, -0.2) is 32.8 Å². The van der Waals surface area contributed by atoms with E-state index in [2.05, 4.69) is 22.6 Å². The first kappa shape index (κ1) is 18.9. The molecule has 1 aliphatic heterocycles. The molecule has 2 atom stereocenters. The second-order valence-electron chi connectivity index (χ2n) is 7.97. The van der Waals surface area contributed by atoms with Crippen LogP contribution in [0.3, 0.4) is 0 Å². The summed E-state index contributed by atoms with van der Waals surface area (Å²) in [5.74, 6) is 0.547. The highest BCUT2D eigenvalue weighted by Crippen LogP contribution is 2.35. The summed E-state index contributed by atoms with van der Waals surface area (Å²) >= 11 is 1.53. The van der Waals surface area contributed by atoms with E-state index in [0.717, 1.165) is 29.5 Å². The number of hydrogen-bond acceptors (Lipinski definition) is 7. The lowest BCUT2D eigenvalue weighted by Gasteiger charge is -2.23. The minimum Gasteiger partial charge on any atom is -0.479 e. The average Bonchev–Trinajstić information content (AvgIpc) is 3.08. The average molecular weight is 424 g/mol. The van der Waals surface area contributed by atoms with Gasteiger partial charge in [-0.1, -0.05) is 12.1 Å². The molecule has 0 radical (unpaired) electrons. The minimum atomic E-state index is -0.584. The van der Waals surface area contributed by atoms with Crippen LogP contribution in [-0.2, 0) is 24.2 Å². The number of ketones is 1. The van der Waals surface area contributed by atoms with Gasteiger partial charge in [0.2, 0.25) is 0 Å². The quantitative estimate of drug-likeness (QED) is 0.648. The molecule has 2 aliphatic rings. The molecule has 9 heteroatoms. The number of anilines is 1. The van der Waals surface area contributed by atoms with E-state index in [1.165, 1.54) is 16.2 Å². The Hall–Kier alpha value is -3.07. The van der Waals surface area contributed by atoms with Gasteiger partial charge in [0.1, 0.15) is 12.3 Å². The van der Waals surface area contributed by atoms with Crippen LogP contribution < -0.4 is 15.6 Å². The Balaban J connectivity index is 1.45. The van der Waals surface area contributed by atoms with E-state index >= 15 is 0 Å². The summed E-state index contributed by atoms with van der Waals surface area (Å²) in [7, 11) is 0. The molecule has 0 saturated carbocycles. The third kappa shape index (κ3) is 3.09. The van der Waals surface area contributed by atoms with Crippen molar-refractivity contribution in [2.75, 3.05) is 5.32 Å². The molecule has 0 bridgehead atoms. The highest BCUT2D eigenvalue weighted by molar-refractivity contribution is 7.18. The minimum absolute atomic E-state index is 0.215. The van der Waals surface area contributed by atoms with Crippen molar-refractivity contribution < 1.29 is 14.3 Å². The third-order valence-corrected chi connectivity index (χ3v) is 6.85. The summed E-state index contributed by atoms with van der Waals surface area (Å²) in [6, 6.07) is 4.83. The lowest BCUT2D eigenvalue weighted by Crippen LogP contribution is -2.34. The van der Waals surface area contributed by atoms with Crippen molar-refractivity contribution in [3.05, 3.63) is 44.6 Å². The van der Waals surface area contributed by atoms with Crippen LogP contribution in [0.15, 0.2) is 23.0 Å². The first-order valence-electron chi connectivity index (χ1n) is 9.93. The van der Waals surface area contributed by atoms with Gasteiger partial charge in [-0.3, -0.25) is 14.4 Å². The molecule has 0 fully saturated rings. The van der Waals surface area contributed by atoms with Gasteiger partial charge < -0.3 is 10.1 Å². The van der Waals surface area contributed by atoms with E-state index < -0.39 is 6.10 Å². The number of Topliss-reactive ketones (excluding diaryl/α,β-unsaturated/α-hetero) is 1. The van der Waals surface area contributed by atoms with Crippen LogP contribution in [0.4, 0.5) is 5.69 Å². The van der Waals surface area contributed by atoms with Gasteiger partial charge in [0.05, 0.1) is 11.1 Å². The van der Waals surface area contributed by atoms with Crippen LogP contribution in [0.5, 0.6) is 5.75 Å². The number of hydrogen-bond donors (Lipinski definition) is 1. The first-order valence-corrected chi connectivity index (χ1v) is 10.7. The fourth-order valence-corrected chi connectivity index (χ4v) is 5.32. The number of carbonyl (C=O) groups is 2. The van der Waals surface area contributed by atoms with Crippen LogP contribution in [0.1, 0.15) is 41.1 Å². The highest BCUT2D eigenvalue weighted by atomic mass is 32.1.